The van der Waals surface area contributed by atoms with E-state index in [2.05, 4.69) is 5.32 Å². The van der Waals surface area contributed by atoms with Crippen molar-refractivity contribution in [3.8, 4) is 5.75 Å². The quantitative estimate of drug-likeness (QED) is 0.781. The van der Waals surface area contributed by atoms with E-state index < -0.39 is 5.60 Å². The van der Waals surface area contributed by atoms with Crippen molar-refractivity contribution in [2.45, 2.75) is 26.4 Å². The third kappa shape index (κ3) is 5.93. The van der Waals surface area contributed by atoms with Crippen molar-refractivity contribution in [3.63, 3.8) is 0 Å². The summed E-state index contributed by atoms with van der Waals surface area (Å²) in [5.74, 6) is 0.826. The SMILES string of the molecule is Cc1ccccc1OCCNC(=O)N(C)CC(C)(C)O. The standard InChI is InChI=1S/C15H24N2O3/c1-12-7-5-6-8-13(12)20-10-9-16-14(18)17(4)11-15(2,3)19/h5-8,19H,9-11H2,1-4H3,(H,16,18). The molecule has 2 N–H and O–H groups in total. The van der Waals surface area contributed by atoms with Gasteiger partial charge in [0.2, 0.25) is 0 Å². The van der Waals surface area contributed by atoms with Gasteiger partial charge in [0.15, 0.2) is 0 Å². The Labute approximate surface area is 120 Å². The molecule has 1 rings (SSSR count). The molecular weight excluding hydrogens is 256 g/mol. The molecule has 0 saturated carbocycles. The second-order valence-corrected chi connectivity index (χ2v) is 5.51. The Morgan fingerprint density at radius 3 is 2.65 bits per heavy atom. The van der Waals surface area contributed by atoms with Crippen LogP contribution in [-0.2, 0) is 0 Å². The second-order valence-electron chi connectivity index (χ2n) is 5.51. The smallest absolute Gasteiger partial charge is 0.317 e. The molecule has 5 heteroatoms. The van der Waals surface area contributed by atoms with E-state index in [-0.39, 0.29) is 12.6 Å². The van der Waals surface area contributed by atoms with Crippen molar-refractivity contribution >= 4 is 6.03 Å². The number of hydrogen-bond acceptors (Lipinski definition) is 3. The number of hydrogen-bond donors (Lipinski definition) is 2. The number of urea groups is 1. The van der Waals surface area contributed by atoms with Crippen molar-refractivity contribution in [1.29, 1.82) is 0 Å². The molecule has 0 radical (unpaired) electrons. The molecule has 5 nitrogen and oxygen atoms in total. The zero-order valence-electron chi connectivity index (χ0n) is 12.6. The third-order valence-corrected chi connectivity index (χ3v) is 2.70. The van der Waals surface area contributed by atoms with Crippen LogP contribution in [0, 0.1) is 6.92 Å². The Morgan fingerprint density at radius 1 is 1.40 bits per heavy atom. The van der Waals surface area contributed by atoms with E-state index in [9.17, 15) is 9.90 Å². The molecule has 0 aliphatic carbocycles. The summed E-state index contributed by atoms with van der Waals surface area (Å²) in [5, 5.41) is 12.4. The highest BCUT2D eigenvalue weighted by atomic mass is 16.5. The molecule has 0 saturated heterocycles. The largest absolute Gasteiger partial charge is 0.491 e. The first kappa shape index (κ1) is 16.3. The van der Waals surface area contributed by atoms with Crippen LogP contribution in [0.5, 0.6) is 5.75 Å². The average molecular weight is 280 g/mol. The predicted molar refractivity (Wildman–Crippen MR) is 79.0 cm³/mol. The molecule has 0 spiro atoms. The summed E-state index contributed by atoms with van der Waals surface area (Å²) in [7, 11) is 1.65. The van der Waals surface area contributed by atoms with Crippen LogP contribution in [0.2, 0.25) is 0 Å². The van der Waals surface area contributed by atoms with Gasteiger partial charge < -0.3 is 20.1 Å². The molecule has 0 unspecified atom stereocenters. The lowest BCUT2D eigenvalue weighted by Gasteiger charge is -2.25. The molecule has 0 atom stereocenters. The molecule has 0 aliphatic heterocycles. The maximum atomic E-state index is 11.7. The minimum absolute atomic E-state index is 0.222. The van der Waals surface area contributed by atoms with Crippen LogP contribution in [0.25, 0.3) is 0 Å². The maximum absolute atomic E-state index is 11.7. The highest BCUT2D eigenvalue weighted by Crippen LogP contribution is 2.15. The van der Waals surface area contributed by atoms with Crippen molar-refractivity contribution in [2.75, 3.05) is 26.7 Å². The van der Waals surface area contributed by atoms with Crippen LogP contribution in [-0.4, -0.2) is 48.4 Å². The average Bonchev–Trinajstić information content (AvgIpc) is 2.34. The summed E-state index contributed by atoms with van der Waals surface area (Å²) in [4.78, 5) is 13.2. The Hall–Kier alpha value is -1.75. The van der Waals surface area contributed by atoms with Gasteiger partial charge in [-0.15, -0.1) is 0 Å². The first-order valence-corrected chi connectivity index (χ1v) is 6.69. The second kappa shape index (κ2) is 7.14. The number of amides is 2. The normalized spacial score (nSPS) is 11.1. The number of para-hydroxylation sites is 1. The summed E-state index contributed by atoms with van der Waals surface area (Å²) >= 11 is 0. The van der Waals surface area contributed by atoms with Crippen molar-refractivity contribution in [3.05, 3.63) is 29.8 Å². The zero-order valence-corrected chi connectivity index (χ0v) is 12.6. The highest BCUT2D eigenvalue weighted by molar-refractivity contribution is 5.73. The number of carbonyl (C=O) groups excluding carboxylic acids is 1. The molecular formula is C15H24N2O3. The van der Waals surface area contributed by atoms with Gasteiger partial charge in [0, 0.05) is 7.05 Å². The topological polar surface area (TPSA) is 61.8 Å². The van der Waals surface area contributed by atoms with Gasteiger partial charge in [0.05, 0.1) is 18.7 Å². The van der Waals surface area contributed by atoms with Crippen molar-refractivity contribution in [2.24, 2.45) is 0 Å². The summed E-state index contributed by atoms with van der Waals surface area (Å²) in [6.45, 7) is 6.41. The van der Waals surface area contributed by atoms with Crippen LogP contribution >= 0.6 is 0 Å². The van der Waals surface area contributed by atoms with E-state index in [0.717, 1.165) is 11.3 Å². The number of likely N-dealkylation sites (N-methyl/N-ethyl adjacent to an activating group) is 1. The highest BCUT2D eigenvalue weighted by Gasteiger charge is 2.18. The molecule has 1 aromatic rings. The molecule has 20 heavy (non-hydrogen) atoms. The number of ether oxygens (including phenoxy) is 1. The number of nitrogens with one attached hydrogen (secondary N) is 1. The van der Waals surface area contributed by atoms with E-state index in [1.54, 1.807) is 20.9 Å². The Morgan fingerprint density at radius 2 is 2.05 bits per heavy atom. The Bertz CT molecular complexity index is 441. The predicted octanol–water partition coefficient (Wildman–Crippen LogP) is 1.79. The van der Waals surface area contributed by atoms with Gasteiger partial charge in [-0.05, 0) is 32.4 Å². The van der Waals surface area contributed by atoms with Crippen LogP contribution in [0.3, 0.4) is 0 Å². The van der Waals surface area contributed by atoms with E-state index in [1.165, 1.54) is 4.90 Å². The molecule has 112 valence electrons. The van der Waals surface area contributed by atoms with Gasteiger partial charge in [-0.1, -0.05) is 18.2 Å². The minimum Gasteiger partial charge on any atom is -0.491 e. The summed E-state index contributed by atoms with van der Waals surface area (Å²) in [6.07, 6.45) is 0. The van der Waals surface area contributed by atoms with Gasteiger partial charge in [-0.2, -0.15) is 0 Å². The molecule has 0 fully saturated rings. The summed E-state index contributed by atoms with van der Waals surface area (Å²) < 4.78 is 5.59. The first-order chi connectivity index (χ1) is 9.29. The molecule has 0 heterocycles. The van der Waals surface area contributed by atoms with E-state index in [0.29, 0.717) is 13.2 Å². The first-order valence-electron chi connectivity index (χ1n) is 6.69. The molecule has 0 aromatic heterocycles. The van der Waals surface area contributed by atoms with Crippen LogP contribution in [0.15, 0.2) is 24.3 Å². The van der Waals surface area contributed by atoms with Gasteiger partial charge >= 0.3 is 6.03 Å². The summed E-state index contributed by atoms with van der Waals surface area (Å²) in [5.41, 5.74) is 0.169. The lowest BCUT2D eigenvalue weighted by Crippen LogP contribution is -2.45. The lowest BCUT2D eigenvalue weighted by molar-refractivity contribution is 0.0531. The summed E-state index contributed by atoms with van der Waals surface area (Å²) in [6, 6.07) is 7.52. The zero-order chi connectivity index (χ0) is 15.2. The number of carbonyl (C=O) groups is 1. The number of nitrogens with zero attached hydrogens (tertiary/aromatic N) is 1. The molecule has 0 bridgehead atoms. The maximum Gasteiger partial charge on any atom is 0.317 e. The van der Waals surface area contributed by atoms with Crippen LogP contribution in [0.1, 0.15) is 19.4 Å². The number of aliphatic hydroxyl groups is 1. The Balaban J connectivity index is 2.27. The molecule has 1 aromatic carbocycles. The minimum atomic E-state index is -0.899. The van der Waals surface area contributed by atoms with E-state index in [1.807, 2.05) is 31.2 Å². The van der Waals surface area contributed by atoms with Gasteiger partial charge in [0.1, 0.15) is 12.4 Å². The van der Waals surface area contributed by atoms with Gasteiger partial charge in [-0.25, -0.2) is 4.79 Å². The number of aryl methyl sites for hydroxylation is 1. The van der Waals surface area contributed by atoms with Crippen LogP contribution < -0.4 is 10.1 Å². The van der Waals surface area contributed by atoms with Gasteiger partial charge in [0.25, 0.3) is 0 Å². The van der Waals surface area contributed by atoms with Crippen LogP contribution in [0.4, 0.5) is 4.79 Å². The number of benzene rings is 1. The van der Waals surface area contributed by atoms with Crippen molar-refractivity contribution < 1.29 is 14.6 Å². The van der Waals surface area contributed by atoms with Gasteiger partial charge in [-0.3, -0.25) is 0 Å². The molecule has 0 aliphatic rings. The Kier molecular flexibility index (Phi) is 5.82. The van der Waals surface area contributed by atoms with E-state index >= 15 is 0 Å². The van der Waals surface area contributed by atoms with E-state index in [4.69, 9.17) is 4.74 Å². The number of rotatable bonds is 6. The fourth-order valence-corrected chi connectivity index (χ4v) is 1.82. The fourth-order valence-electron chi connectivity index (χ4n) is 1.82. The lowest BCUT2D eigenvalue weighted by atomic mass is 10.1. The monoisotopic (exact) mass is 280 g/mol. The molecule has 2 amide bonds. The van der Waals surface area contributed by atoms with Crippen molar-refractivity contribution in [1.82, 2.24) is 10.2 Å². The fraction of sp³-hybridized carbons (Fsp3) is 0.533. The third-order valence-electron chi connectivity index (χ3n) is 2.70.